The zero-order chi connectivity index (χ0) is 18.8. The third kappa shape index (κ3) is 2.94. The van der Waals surface area contributed by atoms with Crippen molar-refractivity contribution in [1.29, 1.82) is 0 Å². The molecule has 0 saturated carbocycles. The number of hydrogen-bond donors (Lipinski definition) is 1. The lowest BCUT2D eigenvalue weighted by Gasteiger charge is -2.30. The zero-order valence-corrected chi connectivity index (χ0v) is 15.3. The van der Waals surface area contributed by atoms with Crippen molar-refractivity contribution in [2.45, 2.75) is 5.92 Å². The Morgan fingerprint density at radius 1 is 1.12 bits per heavy atom. The maximum absolute atomic E-state index is 12.5. The van der Waals surface area contributed by atoms with E-state index in [2.05, 4.69) is 0 Å². The first-order chi connectivity index (χ1) is 12.5. The fourth-order valence-corrected chi connectivity index (χ4v) is 3.16. The van der Waals surface area contributed by atoms with E-state index >= 15 is 0 Å². The molecule has 1 aliphatic rings. The number of benzene rings is 2. The molecule has 0 saturated heterocycles. The van der Waals surface area contributed by atoms with Crippen molar-refractivity contribution < 1.29 is 19.0 Å². The molecule has 0 fully saturated rings. The van der Waals surface area contributed by atoms with Crippen LogP contribution < -0.4 is 20.1 Å². The number of fused-ring (bicyclic) bond motifs is 1. The summed E-state index contributed by atoms with van der Waals surface area (Å²) >= 11 is 0. The maximum atomic E-state index is 12.5. The van der Waals surface area contributed by atoms with Gasteiger partial charge in [0.05, 0.1) is 20.1 Å². The number of methoxy groups -OCH3 is 2. The van der Waals surface area contributed by atoms with E-state index in [9.17, 15) is 4.79 Å². The lowest BCUT2D eigenvalue weighted by molar-refractivity contribution is -0.136. The minimum Gasteiger partial charge on any atom is -0.496 e. The Morgan fingerprint density at radius 2 is 1.85 bits per heavy atom. The minimum atomic E-state index is -0.527. The molecule has 0 aromatic heterocycles. The molecule has 26 heavy (non-hydrogen) atoms. The second-order valence-corrected chi connectivity index (χ2v) is 6.16. The highest BCUT2D eigenvalue weighted by atomic mass is 16.5. The van der Waals surface area contributed by atoms with Crippen molar-refractivity contribution in [3.63, 3.8) is 0 Å². The minimum absolute atomic E-state index is 0.0381. The van der Waals surface area contributed by atoms with E-state index in [0.29, 0.717) is 11.5 Å². The van der Waals surface area contributed by atoms with Gasteiger partial charge in [-0.1, -0.05) is 24.3 Å². The predicted octanol–water partition coefficient (Wildman–Crippen LogP) is 2.63. The smallest absolute Gasteiger partial charge is 0.340 e. The molecule has 1 atom stereocenters. The molecule has 1 aliphatic heterocycles. The Bertz CT molecular complexity index is 874. The second-order valence-electron chi connectivity index (χ2n) is 6.16. The molecule has 6 nitrogen and oxygen atoms in total. The molecule has 3 rings (SSSR count). The fourth-order valence-electron chi connectivity index (χ4n) is 3.16. The molecule has 0 unspecified atom stereocenters. The van der Waals surface area contributed by atoms with E-state index < -0.39 is 11.9 Å². The maximum Gasteiger partial charge on any atom is 0.340 e. The monoisotopic (exact) mass is 354 g/mol. The highest BCUT2D eigenvalue weighted by molar-refractivity contribution is 5.93. The number of nitrogens with two attached hydrogens (primary N) is 1. The van der Waals surface area contributed by atoms with Crippen molar-refractivity contribution in [2.24, 2.45) is 5.73 Å². The van der Waals surface area contributed by atoms with Gasteiger partial charge in [0, 0.05) is 37.0 Å². The average molecular weight is 354 g/mol. The van der Waals surface area contributed by atoms with E-state index in [1.54, 1.807) is 7.11 Å². The van der Waals surface area contributed by atoms with Gasteiger partial charge in [0.15, 0.2) is 0 Å². The fraction of sp³-hybridized carbons (Fsp3) is 0.250. The van der Waals surface area contributed by atoms with Crippen LogP contribution in [0.4, 0.5) is 5.69 Å². The van der Waals surface area contributed by atoms with Crippen molar-refractivity contribution in [3.05, 3.63) is 65.0 Å². The van der Waals surface area contributed by atoms with Crippen LogP contribution in [0.3, 0.4) is 0 Å². The van der Waals surface area contributed by atoms with Crippen LogP contribution in [0.2, 0.25) is 0 Å². The Labute approximate surface area is 152 Å². The van der Waals surface area contributed by atoms with Crippen molar-refractivity contribution in [2.75, 3.05) is 33.2 Å². The average Bonchev–Trinajstić information content (AvgIpc) is 2.65. The van der Waals surface area contributed by atoms with Crippen molar-refractivity contribution in [3.8, 4) is 11.5 Å². The summed E-state index contributed by atoms with van der Waals surface area (Å²) in [6.07, 6.45) is 0. The van der Waals surface area contributed by atoms with Crippen LogP contribution in [-0.4, -0.2) is 34.3 Å². The van der Waals surface area contributed by atoms with Gasteiger partial charge in [0.2, 0.25) is 5.88 Å². The quantitative estimate of drug-likeness (QED) is 0.851. The van der Waals surface area contributed by atoms with Crippen LogP contribution in [0.15, 0.2) is 53.9 Å². The first-order valence-electron chi connectivity index (χ1n) is 8.18. The van der Waals surface area contributed by atoms with Gasteiger partial charge in [-0.25, -0.2) is 4.79 Å². The molecule has 0 spiro atoms. The van der Waals surface area contributed by atoms with E-state index in [0.717, 1.165) is 16.8 Å². The van der Waals surface area contributed by atoms with Gasteiger partial charge in [0.25, 0.3) is 0 Å². The van der Waals surface area contributed by atoms with Crippen LogP contribution >= 0.6 is 0 Å². The van der Waals surface area contributed by atoms with Crippen LogP contribution in [0, 0.1) is 0 Å². The summed E-state index contributed by atoms with van der Waals surface area (Å²) in [5, 5.41) is 0. The molecule has 0 radical (unpaired) electrons. The molecule has 0 amide bonds. The number of nitrogens with zero attached hydrogens (tertiary/aromatic N) is 1. The van der Waals surface area contributed by atoms with Crippen LogP contribution in [-0.2, 0) is 9.53 Å². The third-order valence-corrected chi connectivity index (χ3v) is 4.45. The van der Waals surface area contributed by atoms with Gasteiger partial charge in [-0.15, -0.1) is 0 Å². The summed E-state index contributed by atoms with van der Waals surface area (Å²) in [7, 11) is 6.81. The molecule has 1 heterocycles. The summed E-state index contributed by atoms with van der Waals surface area (Å²) < 4.78 is 16.2. The highest BCUT2D eigenvalue weighted by Gasteiger charge is 2.36. The second kappa shape index (κ2) is 7.00. The SMILES string of the molecule is COC(=O)C1=C(N)Oc2cc(N(C)C)ccc2[C@@H]1c1ccccc1OC. The topological polar surface area (TPSA) is 74.0 Å². The van der Waals surface area contributed by atoms with Crippen LogP contribution in [0.1, 0.15) is 17.0 Å². The molecule has 136 valence electrons. The number of anilines is 1. The highest BCUT2D eigenvalue weighted by Crippen LogP contribution is 2.46. The molecular weight excluding hydrogens is 332 g/mol. The van der Waals surface area contributed by atoms with Gasteiger partial charge in [-0.3, -0.25) is 0 Å². The zero-order valence-electron chi connectivity index (χ0n) is 15.3. The first kappa shape index (κ1) is 17.7. The molecule has 0 bridgehead atoms. The van der Waals surface area contributed by atoms with Gasteiger partial charge in [-0.2, -0.15) is 0 Å². The van der Waals surface area contributed by atoms with Gasteiger partial charge in [0.1, 0.15) is 17.1 Å². The summed E-state index contributed by atoms with van der Waals surface area (Å²) in [6, 6.07) is 13.4. The molecule has 2 aromatic rings. The van der Waals surface area contributed by atoms with Crippen LogP contribution in [0.5, 0.6) is 11.5 Å². The number of carbonyl (C=O) groups is 1. The Morgan fingerprint density at radius 3 is 2.50 bits per heavy atom. The Kier molecular flexibility index (Phi) is 4.75. The molecular formula is C20H22N2O4. The number of hydrogen-bond acceptors (Lipinski definition) is 6. The molecule has 0 aliphatic carbocycles. The lowest BCUT2D eigenvalue weighted by atomic mass is 9.82. The number of rotatable bonds is 4. The van der Waals surface area contributed by atoms with Crippen molar-refractivity contribution >= 4 is 11.7 Å². The summed E-state index contributed by atoms with van der Waals surface area (Å²) in [4.78, 5) is 14.4. The summed E-state index contributed by atoms with van der Waals surface area (Å²) in [6.45, 7) is 0. The van der Waals surface area contributed by atoms with Crippen molar-refractivity contribution in [1.82, 2.24) is 0 Å². The van der Waals surface area contributed by atoms with Gasteiger partial charge < -0.3 is 24.8 Å². The standard InChI is InChI=1S/C20H22N2O4/c1-22(2)12-9-10-14-16(11-12)26-19(21)18(20(23)25-4)17(14)13-7-5-6-8-15(13)24-3/h5-11,17H,21H2,1-4H3/t17-/m0/s1. The van der Waals surface area contributed by atoms with E-state index in [-0.39, 0.29) is 11.5 Å². The van der Waals surface area contributed by atoms with E-state index in [1.165, 1.54) is 7.11 Å². The number of esters is 1. The third-order valence-electron chi connectivity index (χ3n) is 4.45. The number of para-hydroxylation sites is 1. The summed E-state index contributed by atoms with van der Waals surface area (Å²) in [5.74, 6) is 0.337. The largest absolute Gasteiger partial charge is 0.496 e. The van der Waals surface area contributed by atoms with Gasteiger partial charge >= 0.3 is 5.97 Å². The van der Waals surface area contributed by atoms with Gasteiger partial charge in [-0.05, 0) is 12.1 Å². The number of carbonyl (C=O) groups excluding carboxylic acids is 1. The van der Waals surface area contributed by atoms with Crippen LogP contribution in [0.25, 0.3) is 0 Å². The Hall–Kier alpha value is -3.15. The number of ether oxygens (including phenoxy) is 3. The molecule has 2 aromatic carbocycles. The normalized spacial score (nSPS) is 15.8. The molecule has 2 N–H and O–H groups in total. The predicted molar refractivity (Wildman–Crippen MR) is 99.5 cm³/mol. The van der Waals surface area contributed by atoms with E-state index in [1.807, 2.05) is 61.5 Å². The lowest BCUT2D eigenvalue weighted by Crippen LogP contribution is -2.27. The Balaban J connectivity index is 2.25. The van der Waals surface area contributed by atoms with E-state index in [4.69, 9.17) is 19.9 Å². The first-order valence-corrected chi connectivity index (χ1v) is 8.18. The molecule has 6 heteroatoms. The summed E-state index contributed by atoms with van der Waals surface area (Å²) in [5.41, 5.74) is 9.00.